The third kappa shape index (κ3) is 1.93. The second kappa shape index (κ2) is 4.93. The molecule has 0 atom stereocenters. The van der Waals surface area contributed by atoms with Crippen molar-refractivity contribution in [2.45, 2.75) is 18.3 Å². The molecule has 1 aliphatic rings. The Kier molecular flexibility index (Phi) is 2.93. The van der Waals surface area contributed by atoms with Gasteiger partial charge in [-0.15, -0.1) is 10.2 Å². The molecule has 4 rings (SSSR count). The fourth-order valence-corrected chi connectivity index (χ4v) is 3.32. The zero-order valence-electron chi connectivity index (χ0n) is 11.7. The van der Waals surface area contributed by atoms with E-state index in [0.29, 0.717) is 5.78 Å². The van der Waals surface area contributed by atoms with Crippen LogP contribution in [0.4, 0.5) is 0 Å². The van der Waals surface area contributed by atoms with Gasteiger partial charge in [0.1, 0.15) is 5.82 Å². The van der Waals surface area contributed by atoms with Crippen LogP contribution in [0.25, 0.3) is 5.78 Å². The van der Waals surface area contributed by atoms with Crippen molar-refractivity contribution in [2.24, 2.45) is 0 Å². The van der Waals surface area contributed by atoms with Gasteiger partial charge in [-0.05, 0) is 37.6 Å². The van der Waals surface area contributed by atoms with Crippen LogP contribution >= 0.6 is 0 Å². The highest BCUT2D eigenvalue weighted by molar-refractivity contribution is 5.38. The number of benzene rings is 1. The van der Waals surface area contributed by atoms with E-state index in [4.69, 9.17) is 0 Å². The highest BCUT2D eigenvalue weighted by Gasteiger charge is 2.39. The van der Waals surface area contributed by atoms with Gasteiger partial charge >= 0.3 is 0 Å². The quantitative estimate of drug-likeness (QED) is 0.777. The lowest BCUT2D eigenvalue weighted by molar-refractivity contribution is 0.343. The minimum Gasteiger partial charge on any atom is -0.317 e. The molecule has 106 valence electrons. The Bertz CT molecular complexity index is 743. The molecule has 21 heavy (non-hydrogen) atoms. The lowest BCUT2D eigenvalue weighted by Crippen LogP contribution is -2.42. The minimum absolute atomic E-state index is 0.0883. The first-order chi connectivity index (χ1) is 10.4. The smallest absolute Gasteiger partial charge is 0.254 e. The summed E-state index contributed by atoms with van der Waals surface area (Å²) in [6.07, 6.45) is 5.80. The SMILES string of the molecule is c1ccc(C2(c3nnc4ncccn34)CCNCC2)cc1. The summed E-state index contributed by atoms with van der Waals surface area (Å²) >= 11 is 0. The fraction of sp³-hybridized carbons (Fsp3) is 0.312. The van der Waals surface area contributed by atoms with Gasteiger partial charge in [0, 0.05) is 12.4 Å². The van der Waals surface area contributed by atoms with Crippen LogP contribution in [0.3, 0.4) is 0 Å². The van der Waals surface area contributed by atoms with Gasteiger partial charge in [0.05, 0.1) is 5.41 Å². The van der Waals surface area contributed by atoms with Crippen molar-refractivity contribution >= 4 is 5.78 Å². The Hall–Kier alpha value is -2.27. The van der Waals surface area contributed by atoms with Crippen molar-refractivity contribution < 1.29 is 0 Å². The van der Waals surface area contributed by atoms with Gasteiger partial charge < -0.3 is 5.32 Å². The normalized spacial score (nSPS) is 17.9. The molecule has 1 saturated heterocycles. The molecule has 2 aromatic heterocycles. The highest BCUT2D eigenvalue weighted by atomic mass is 15.3. The fourth-order valence-electron chi connectivity index (χ4n) is 3.32. The van der Waals surface area contributed by atoms with E-state index in [0.717, 1.165) is 31.8 Å². The van der Waals surface area contributed by atoms with Crippen LogP contribution < -0.4 is 5.32 Å². The molecule has 1 aliphatic heterocycles. The molecule has 1 fully saturated rings. The molecule has 0 aliphatic carbocycles. The molecule has 5 nitrogen and oxygen atoms in total. The second-order valence-electron chi connectivity index (χ2n) is 5.51. The van der Waals surface area contributed by atoms with E-state index in [1.54, 1.807) is 6.20 Å². The Morgan fingerprint density at radius 3 is 2.62 bits per heavy atom. The molecule has 0 amide bonds. The summed E-state index contributed by atoms with van der Waals surface area (Å²) in [6.45, 7) is 1.98. The van der Waals surface area contributed by atoms with E-state index in [1.807, 2.05) is 16.7 Å². The molecule has 0 bridgehead atoms. The lowest BCUT2D eigenvalue weighted by Gasteiger charge is -2.36. The molecule has 3 aromatic rings. The zero-order chi connectivity index (χ0) is 14.1. The largest absolute Gasteiger partial charge is 0.317 e. The number of nitrogens with zero attached hydrogens (tertiary/aromatic N) is 4. The average Bonchev–Trinajstić information content (AvgIpc) is 3.01. The third-order valence-corrected chi connectivity index (χ3v) is 4.40. The van der Waals surface area contributed by atoms with Crippen LogP contribution in [0, 0.1) is 0 Å². The van der Waals surface area contributed by atoms with E-state index in [9.17, 15) is 0 Å². The molecule has 0 radical (unpaired) electrons. The topological polar surface area (TPSA) is 55.1 Å². The molecule has 5 heteroatoms. The monoisotopic (exact) mass is 279 g/mol. The second-order valence-corrected chi connectivity index (χ2v) is 5.51. The Labute approximate surface area is 123 Å². The Morgan fingerprint density at radius 1 is 1.00 bits per heavy atom. The molecule has 0 spiro atoms. The van der Waals surface area contributed by atoms with Crippen molar-refractivity contribution in [1.82, 2.24) is 24.9 Å². The molecule has 0 saturated carbocycles. The van der Waals surface area contributed by atoms with E-state index in [2.05, 4.69) is 50.8 Å². The number of aromatic nitrogens is 4. The number of piperidine rings is 1. The van der Waals surface area contributed by atoms with Gasteiger partial charge in [-0.2, -0.15) is 0 Å². The first-order valence-electron chi connectivity index (χ1n) is 7.33. The number of hydrogen-bond acceptors (Lipinski definition) is 4. The summed E-state index contributed by atoms with van der Waals surface area (Å²) in [5, 5.41) is 12.2. The first-order valence-corrected chi connectivity index (χ1v) is 7.33. The van der Waals surface area contributed by atoms with Crippen LogP contribution in [-0.4, -0.2) is 32.7 Å². The van der Waals surface area contributed by atoms with Gasteiger partial charge in [0.15, 0.2) is 0 Å². The van der Waals surface area contributed by atoms with Crippen molar-refractivity contribution in [3.8, 4) is 0 Å². The maximum atomic E-state index is 4.49. The molecular formula is C16H17N5. The maximum absolute atomic E-state index is 4.49. The van der Waals surface area contributed by atoms with E-state index in [1.165, 1.54) is 5.56 Å². The Balaban J connectivity index is 1.94. The van der Waals surface area contributed by atoms with Gasteiger partial charge in [-0.3, -0.25) is 4.40 Å². The number of nitrogens with one attached hydrogen (secondary N) is 1. The molecule has 3 heterocycles. The molecule has 1 N–H and O–H groups in total. The predicted molar refractivity (Wildman–Crippen MR) is 80.1 cm³/mol. The maximum Gasteiger partial charge on any atom is 0.254 e. The van der Waals surface area contributed by atoms with Crippen molar-refractivity contribution in [1.29, 1.82) is 0 Å². The average molecular weight is 279 g/mol. The summed E-state index contributed by atoms with van der Waals surface area (Å²) < 4.78 is 2.03. The Morgan fingerprint density at radius 2 is 1.81 bits per heavy atom. The number of rotatable bonds is 2. The standard InChI is InChI=1S/C16H17N5/c1-2-5-13(6-3-1)16(7-10-17-11-8-16)14-19-20-15-18-9-4-12-21(14)15/h1-6,9,12,17H,7-8,10-11H2. The van der Waals surface area contributed by atoms with Crippen LogP contribution in [-0.2, 0) is 5.41 Å². The van der Waals surface area contributed by atoms with E-state index >= 15 is 0 Å². The van der Waals surface area contributed by atoms with Crippen molar-refractivity contribution in [2.75, 3.05) is 13.1 Å². The minimum atomic E-state index is -0.0883. The number of fused-ring (bicyclic) bond motifs is 1. The van der Waals surface area contributed by atoms with Gasteiger partial charge in [0.2, 0.25) is 0 Å². The van der Waals surface area contributed by atoms with E-state index < -0.39 is 0 Å². The van der Waals surface area contributed by atoms with Crippen molar-refractivity contribution in [3.05, 3.63) is 60.2 Å². The molecular weight excluding hydrogens is 262 g/mol. The van der Waals surface area contributed by atoms with Crippen molar-refractivity contribution in [3.63, 3.8) is 0 Å². The van der Waals surface area contributed by atoms with Gasteiger partial charge in [-0.25, -0.2) is 4.98 Å². The van der Waals surface area contributed by atoms with Crippen LogP contribution in [0.2, 0.25) is 0 Å². The summed E-state index contributed by atoms with van der Waals surface area (Å²) in [5.41, 5.74) is 1.22. The summed E-state index contributed by atoms with van der Waals surface area (Å²) in [4.78, 5) is 4.30. The first kappa shape index (κ1) is 12.5. The summed E-state index contributed by atoms with van der Waals surface area (Å²) in [5.74, 6) is 1.67. The summed E-state index contributed by atoms with van der Waals surface area (Å²) in [6, 6.07) is 12.6. The van der Waals surface area contributed by atoms with Gasteiger partial charge in [0.25, 0.3) is 5.78 Å². The van der Waals surface area contributed by atoms with Gasteiger partial charge in [-0.1, -0.05) is 30.3 Å². The molecule has 1 aromatic carbocycles. The molecule has 0 unspecified atom stereocenters. The third-order valence-electron chi connectivity index (χ3n) is 4.40. The highest BCUT2D eigenvalue weighted by Crippen LogP contribution is 2.38. The lowest BCUT2D eigenvalue weighted by atomic mass is 9.72. The van der Waals surface area contributed by atoms with Crippen LogP contribution in [0.5, 0.6) is 0 Å². The zero-order valence-corrected chi connectivity index (χ0v) is 11.7. The summed E-state index contributed by atoms with van der Waals surface area (Å²) in [7, 11) is 0. The van der Waals surface area contributed by atoms with Crippen LogP contribution in [0.1, 0.15) is 24.2 Å². The number of hydrogen-bond donors (Lipinski definition) is 1. The predicted octanol–water partition coefficient (Wildman–Crippen LogP) is 1.79. The van der Waals surface area contributed by atoms with E-state index in [-0.39, 0.29) is 5.41 Å². The van der Waals surface area contributed by atoms with Crippen LogP contribution in [0.15, 0.2) is 48.8 Å².